The molecule has 0 saturated carbocycles. The highest BCUT2D eigenvalue weighted by atomic mass is 16.5. The maximum atomic E-state index is 11.7. The molecule has 82 valence electrons. The van der Waals surface area contributed by atoms with Crippen LogP contribution in [-0.4, -0.2) is 50.7 Å². The fraction of sp³-hybridized carbons (Fsp3) is 0.900. The minimum Gasteiger partial charge on any atom is -0.383 e. The van der Waals surface area contributed by atoms with Gasteiger partial charge in [0.25, 0.3) is 0 Å². The maximum absolute atomic E-state index is 11.7. The maximum Gasteiger partial charge on any atom is 0.223 e. The van der Waals surface area contributed by atoms with E-state index < -0.39 is 0 Å². The summed E-state index contributed by atoms with van der Waals surface area (Å²) in [7, 11) is 1.66. The largest absolute Gasteiger partial charge is 0.383 e. The Bertz CT molecular complexity index is 181. The molecule has 0 atom stereocenters. The highest BCUT2D eigenvalue weighted by molar-refractivity contribution is 5.76. The lowest BCUT2D eigenvalue weighted by molar-refractivity contribution is -0.133. The zero-order valence-corrected chi connectivity index (χ0v) is 9.08. The summed E-state index contributed by atoms with van der Waals surface area (Å²) in [6.07, 6.45) is 0.685. The molecule has 0 spiro atoms. The molecule has 1 saturated heterocycles. The highest BCUT2D eigenvalue weighted by Crippen LogP contribution is 2.10. The molecule has 0 bridgehead atoms. The minimum atomic E-state index is 0.260. The summed E-state index contributed by atoms with van der Waals surface area (Å²) in [5, 5.41) is 3.17. The third-order valence-electron chi connectivity index (χ3n) is 2.63. The first-order valence-corrected chi connectivity index (χ1v) is 5.25. The Morgan fingerprint density at radius 1 is 1.57 bits per heavy atom. The van der Waals surface area contributed by atoms with E-state index in [0.717, 1.165) is 19.6 Å². The van der Waals surface area contributed by atoms with Crippen molar-refractivity contribution in [1.82, 2.24) is 10.2 Å². The highest BCUT2D eigenvalue weighted by Gasteiger charge is 2.22. The predicted octanol–water partition coefficient (Wildman–Crippen LogP) is 0.0908. The van der Waals surface area contributed by atoms with Crippen molar-refractivity contribution in [3.63, 3.8) is 0 Å². The monoisotopic (exact) mass is 200 g/mol. The second-order valence-corrected chi connectivity index (χ2v) is 3.69. The summed E-state index contributed by atoms with van der Waals surface area (Å²) in [5.74, 6) is 0.815. The smallest absolute Gasteiger partial charge is 0.223 e. The van der Waals surface area contributed by atoms with E-state index in [1.54, 1.807) is 7.11 Å². The van der Waals surface area contributed by atoms with Gasteiger partial charge in [0.1, 0.15) is 0 Å². The lowest BCUT2D eigenvalue weighted by Crippen LogP contribution is -2.45. The Hall–Kier alpha value is -0.610. The van der Waals surface area contributed by atoms with Gasteiger partial charge in [-0.3, -0.25) is 4.79 Å². The second kappa shape index (κ2) is 5.98. The van der Waals surface area contributed by atoms with Crippen LogP contribution in [-0.2, 0) is 9.53 Å². The number of hydrogen-bond acceptors (Lipinski definition) is 3. The van der Waals surface area contributed by atoms with E-state index in [9.17, 15) is 4.79 Å². The Balaban J connectivity index is 2.23. The van der Waals surface area contributed by atoms with E-state index in [-0.39, 0.29) is 5.91 Å². The summed E-state index contributed by atoms with van der Waals surface area (Å²) in [6.45, 7) is 6.12. The summed E-state index contributed by atoms with van der Waals surface area (Å²) >= 11 is 0. The average Bonchev–Trinajstić information content (AvgIpc) is 2.13. The topological polar surface area (TPSA) is 41.6 Å². The fourth-order valence-corrected chi connectivity index (χ4v) is 1.53. The SMILES string of the molecule is CCN(CCOC)C(=O)CC1CNC1. The Labute approximate surface area is 85.6 Å². The molecule has 0 aliphatic carbocycles. The molecule has 14 heavy (non-hydrogen) atoms. The molecule has 0 aromatic heterocycles. The number of carbonyl (C=O) groups is 1. The van der Waals surface area contributed by atoms with Gasteiger partial charge >= 0.3 is 0 Å². The molecule has 0 unspecified atom stereocenters. The summed E-state index contributed by atoms with van der Waals surface area (Å²) in [6, 6.07) is 0. The third kappa shape index (κ3) is 3.27. The first-order chi connectivity index (χ1) is 6.77. The van der Waals surface area contributed by atoms with E-state index >= 15 is 0 Å². The number of likely N-dealkylation sites (N-methyl/N-ethyl adjacent to an activating group) is 1. The van der Waals surface area contributed by atoms with Crippen LogP contribution in [0.2, 0.25) is 0 Å². The molecule has 0 aromatic carbocycles. The fourth-order valence-electron chi connectivity index (χ4n) is 1.53. The van der Waals surface area contributed by atoms with Crippen molar-refractivity contribution in [2.75, 3.05) is 39.9 Å². The molecule has 0 radical (unpaired) electrons. The molecule has 1 N–H and O–H groups in total. The van der Waals surface area contributed by atoms with Gasteiger partial charge in [0.2, 0.25) is 5.91 Å². The van der Waals surface area contributed by atoms with E-state index in [0.29, 0.717) is 25.5 Å². The number of carbonyl (C=O) groups excluding carboxylic acids is 1. The van der Waals surface area contributed by atoms with Crippen molar-refractivity contribution < 1.29 is 9.53 Å². The van der Waals surface area contributed by atoms with Gasteiger partial charge in [-0.2, -0.15) is 0 Å². The minimum absolute atomic E-state index is 0.260. The van der Waals surface area contributed by atoms with Crippen molar-refractivity contribution in [1.29, 1.82) is 0 Å². The van der Waals surface area contributed by atoms with Crippen LogP contribution in [0, 0.1) is 5.92 Å². The second-order valence-electron chi connectivity index (χ2n) is 3.69. The van der Waals surface area contributed by atoms with Gasteiger partial charge in [0, 0.05) is 26.6 Å². The van der Waals surface area contributed by atoms with Crippen LogP contribution in [0.25, 0.3) is 0 Å². The Morgan fingerprint density at radius 3 is 2.71 bits per heavy atom. The van der Waals surface area contributed by atoms with Crippen molar-refractivity contribution >= 4 is 5.91 Å². The van der Waals surface area contributed by atoms with Gasteiger partial charge in [-0.25, -0.2) is 0 Å². The molecule has 4 nitrogen and oxygen atoms in total. The first-order valence-electron chi connectivity index (χ1n) is 5.25. The third-order valence-corrected chi connectivity index (χ3v) is 2.63. The van der Waals surface area contributed by atoms with Crippen LogP contribution in [0.1, 0.15) is 13.3 Å². The van der Waals surface area contributed by atoms with Crippen LogP contribution in [0.3, 0.4) is 0 Å². The van der Waals surface area contributed by atoms with Crippen LogP contribution >= 0.6 is 0 Å². The van der Waals surface area contributed by atoms with Gasteiger partial charge < -0.3 is 15.0 Å². The van der Waals surface area contributed by atoms with Crippen LogP contribution in [0.15, 0.2) is 0 Å². The molecule has 1 fully saturated rings. The molecule has 1 heterocycles. The van der Waals surface area contributed by atoms with Gasteiger partial charge in [-0.05, 0) is 25.9 Å². The number of nitrogens with one attached hydrogen (secondary N) is 1. The lowest BCUT2D eigenvalue weighted by atomic mass is 9.99. The van der Waals surface area contributed by atoms with Crippen LogP contribution < -0.4 is 5.32 Å². The predicted molar refractivity (Wildman–Crippen MR) is 55.1 cm³/mol. The molecule has 4 heteroatoms. The zero-order valence-electron chi connectivity index (χ0n) is 9.08. The lowest BCUT2D eigenvalue weighted by Gasteiger charge is -2.29. The number of nitrogens with zero attached hydrogens (tertiary/aromatic N) is 1. The van der Waals surface area contributed by atoms with Crippen molar-refractivity contribution in [3.05, 3.63) is 0 Å². The van der Waals surface area contributed by atoms with Crippen LogP contribution in [0.5, 0.6) is 0 Å². The van der Waals surface area contributed by atoms with Gasteiger partial charge in [-0.15, -0.1) is 0 Å². The quantitative estimate of drug-likeness (QED) is 0.661. The van der Waals surface area contributed by atoms with E-state index in [1.165, 1.54) is 0 Å². The van der Waals surface area contributed by atoms with Crippen molar-refractivity contribution in [3.8, 4) is 0 Å². The molecular weight excluding hydrogens is 180 g/mol. The van der Waals surface area contributed by atoms with Gasteiger partial charge in [0.05, 0.1) is 6.61 Å². The summed E-state index contributed by atoms with van der Waals surface area (Å²) < 4.78 is 4.96. The van der Waals surface area contributed by atoms with E-state index in [4.69, 9.17) is 4.74 Å². The number of ether oxygens (including phenoxy) is 1. The molecule has 1 amide bonds. The number of hydrogen-bond donors (Lipinski definition) is 1. The normalized spacial score (nSPS) is 16.4. The Morgan fingerprint density at radius 2 is 2.29 bits per heavy atom. The number of methoxy groups -OCH3 is 1. The van der Waals surface area contributed by atoms with Crippen LogP contribution in [0.4, 0.5) is 0 Å². The first kappa shape index (κ1) is 11.5. The summed E-state index contributed by atoms with van der Waals surface area (Å²) in [5.41, 5.74) is 0. The van der Waals surface area contributed by atoms with E-state index in [2.05, 4.69) is 5.32 Å². The molecule has 1 rings (SSSR count). The van der Waals surface area contributed by atoms with Gasteiger partial charge in [-0.1, -0.05) is 0 Å². The van der Waals surface area contributed by atoms with Crippen molar-refractivity contribution in [2.24, 2.45) is 5.92 Å². The summed E-state index contributed by atoms with van der Waals surface area (Å²) in [4.78, 5) is 13.6. The van der Waals surface area contributed by atoms with E-state index in [1.807, 2.05) is 11.8 Å². The average molecular weight is 200 g/mol. The molecule has 0 aromatic rings. The number of amides is 1. The molecule has 1 aliphatic heterocycles. The molecular formula is C10H20N2O2. The Kier molecular flexibility index (Phi) is 4.90. The molecule has 1 aliphatic rings. The number of rotatable bonds is 6. The van der Waals surface area contributed by atoms with Gasteiger partial charge in [0.15, 0.2) is 0 Å². The zero-order chi connectivity index (χ0) is 10.4. The van der Waals surface area contributed by atoms with Crippen molar-refractivity contribution in [2.45, 2.75) is 13.3 Å². The standard InChI is InChI=1S/C10H20N2O2/c1-3-12(4-5-14-2)10(13)6-9-7-11-8-9/h9,11H,3-8H2,1-2H3.